The van der Waals surface area contributed by atoms with Gasteiger partial charge in [-0.05, 0) is 129 Å². The SMILES string of the molecule is Nc1ccc(N=Nc2ccccc2)cc1.Nc1ccc(N=Nc2ccccc2)cc1.O=C(O)c1ccc2c3ccc(C(=O)O)c4c(C(=O)O)ccc(c5ccc(C(=O)O)c1c25)c43. The van der Waals surface area contributed by atoms with E-state index in [-0.39, 0.29) is 33.0 Å². The highest BCUT2D eigenvalue weighted by molar-refractivity contribution is 6.38. The molecule has 0 saturated heterocycles. The van der Waals surface area contributed by atoms with E-state index in [1.54, 1.807) is 24.3 Å². The van der Waals surface area contributed by atoms with Crippen LogP contribution in [-0.4, -0.2) is 44.3 Å². The Hall–Kier alpha value is -9.04. The van der Waals surface area contributed by atoms with E-state index in [0.717, 1.165) is 34.1 Å². The molecule has 9 aromatic rings. The monoisotopic (exact) mass is 822 g/mol. The van der Waals surface area contributed by atoms with Gasteiger partial charge in [-0.15, -0.1) is 0 Å². The number of aromatic carboxylic acids is 4. The molecule has 0 aliphatic heterocycles. The van der Waals surface area contributed by atoms with Crippen molar-refractivity contribution < 1.29 is 39.6 Å². The lowest BCUT2D eigenvalue weighted by atomic mass is 9.84. The highest BCUT2D eigenvalue weighted by Gasteiger charge is 2.25. The molecule has 0 atom stereocenters. The van der Waals surface area contributed by atoms with Gasteiger partial charge in [0, 0.05) is 22.1 Å². The number of rotatable bonds is 8. The molecule has 8 N–H and O–H groups in total. The quantitative estimate of drug-likeness (QED) is 0.0366. The molecule has 0 aliphatic rings. The number of nitrogens with two attached hydrogens (primary N) is 2. The van der Waals surface area contributed by atoms with Crippen LogP contribution in [0, 0.1) is 0 Å². The summed E-state index contributed by atoms with van der Waals surface area (Å²) in [5.41, 5.74) is 15.2. The first kappa shape index (κ1) is 41.1. The maximum Gasteiger partial charge on any atom is 0.336 e. The Morgan fingerprint density at radius 2 is 0.548 bits per heavy atom. The Balaban J connectivity index is 0.000000160. The van der Waals surface area contributed by atoms with Crippen molar-refractivity contribution in [2.24, 2.45) is 20.5 Å². The van der Waals surface area contributed by atoms with Crippen molar-refractivity contribution in [3.8, 4) is 0 Å². The number of fused-ring (bicyclic) bond motifs is 2. The van der Waals surface area contributed by atoms with E-state index in [2.05, 4.69) is 20.5 Å². The first-order chi connectivity index (χ1) is 29.9. The molecule has 304 valence electrons. The summed E-state index contributed by atoms with van der Waals surface area (Å²) in [7, 11) is 0. The predicted molar refractivity (Wildman–Crippen MR) is 238 cm³/mol. The fourth-order valence-electron chi connectivity index (χ4n) is 6.90. The first-order valence-electron chi connectivity index (χ1n) is 18.7. The molecule has 0 unspecified atom stereocenters. The molecule has 9 aromatic carbocycles. The number of nitrogen functional groups attached to an aromatic ring is 2. The number of benzene rings is 9. The van der Waals surface area contributed by atoms with Gasteiger partial charge in [0.25, 0.3) is 0 Å². The average molecular weight is 823 g/mol. The van der Waals surface area contributed by atoms with Gasteiger partial charge in [-0.25, -0.2) is 19.2 Å². The zero-order valence-electron chi connectivity index (χ0n) is 32.4. The van der Waals surface area contributed by atoms with Crippen LogP contribution in [-0.2, 0) is 0 Å². The molecular formula is C48H34N6O8. The second kappa shape index (κ2) is 17.8. The van der Waals surface area contributed by atoms with E-state index >= 15 is 0 Å². The van der Waals surface area contributed by atoms with Gasteiger partial charge >= 0.3 is 23.9 Å². The summed E-state index contributed by atoms with van der Waals surface area (Å²) in [6.07, 6.45) is 0. The summed E-state index contributed by atoms with van der Waals surface area (Å²) >= 11 is 0. The van der Waals surface area contributed by atoms with Crippen LogP contribution in [0.25, 0.3) is 43.1 Å². The standard InChI is InChI=1S/C24H12O8.2C12H11N3/c25-21(26)13-5-1-9-10-2-6-15(23(29)30)20-16(24(31)32)8-4-12(18(10)20)11-3-7-14(22(27)28)19(13)17(9)11;2*13-10-6-8-12(9-7-10)15-14-11-4-2-1-3-5-11/h1-8H,(H,25,26)(H,27,28)(H,29,30)(H,31,32);2*1-9H,13H2. The van der Waals surface area contributed by atoms with Gasteiger partial charge in [0.15, 0.2) is 0 Å². The molecule has 0 heterocycles. The van der Waals surface area contributed by atoms with E-state index in [1.807, 2.05) is 84.9 Å². The van der Waals surface area contributed by atoms with Crippen LogP contribution < -0.4 is 11.5 Å². The van der Waals surface area contributed by atoms with Crippen molar-refractivity contribution in [1.29, 1.82) is 0 Å². The van der Waals surface area contributed by atoms with Gasteiger partial charge in [0.1, 0.15) is 0 Å². The Bertz CT molecular complexity index is 2860. The lowest BCUT2D eigenvalue weighted by Gasteiger charge is -2.18. The van der Waals surface area contributed by atoms with Gasteiger partial charge in [-0.2, -0.15) is 20.5 Å². The summed E-state index contributed by atoms with van der Waals surface area (Å²) in [6.45, 7) is 0. The Morgan fingerprint density at radius 1 is 0.306 bits per heavy atom. The zero-order valence-corrected chi connectivity index (χ0v) is 32.4. The lowest BCUT2D eigenvalue weighted by Crippen LogP contribution is -2.07. The molecule has 0 radical (unpaired) electrons. The highest BCUT2D eigenvalue weighted by Crippen LogP contribution is 2.44. The summed E-state index contributed by atoms with van der Waals surface area (Å²) in [5.74, 6) is -5.13. The molecule has 0 fully saturated rings. The molecule has 0 aliphatic carbocycles. The third-order valence-corrected chi connectivity index (χ3v) is 9.68. The molecule has 0 saturated carbocycles. The molecule has 0 amide bonds. The summed E-state index contributed by atoms with van der Waals surface area (Å²) < 4.78 is 0. The van der Waals surface area contributed by atoms with Crippen LogP contribution in [0.5, 0.6) is 0 Å². The minimum Gasteiger partial charge on any atom is -0.478 e. The zero-order chi connectivity index (χ0) is 43.9. The number of carbonyl (C=O) groups is 4. The molecule has 62 heavy (non-hydrogen) atoms. The number of azo groups is 2. The first-order valence-corrected chi connectivity index (χ1v) is 18.7. The number of carboxylic acid groups (broad SMARTS) is 4. The van der Waals surface area contributed by atoms with E-state index < -0.39 is 23.9 Å². The second-order valence-electron chi connectivity index (χ2n) is 13.6. The van der Waals surface area contributed by atoms with Crippen molar-refractivity contribution >= 4 is 101 Å². The van der Waals surface area contributed by atoms with Crippen LogP contribution in [0.3, 0.4) is 0 Å². The summed E-state index contributed by atoms with van der Waals surface area (Å²) in [6, 6.07) is 45.1. The van der Waals surface area contributed by atoms with Crippen molar-refractivity contribution in [1.82, 2.24) is 0 Å². The minimum atomic E-state index is -1.28. The highest BCUT2D eigenvalue weighted by atomic mass is 16.4. The molecule has 14 nitrogen and oxygen atoms in total. The number of hydrogen-bond donors (Lipinski definition) is 6. The molecular weight excluding hydrogens is 789 g/mol. The fourth-order valence-corrected chi connectivity index (χ4v) is 6.90. The maximum absolute atomic E-state index is 11.9. The van der Waals surface area contributed by atoms with Gasteiger partial charge in [0.05, 0.1) is 45.0 Å². The molecule has 9 rings (SSSR count). The summed E-state index contributed by atoms with van der Waals surface area (Å²) in [5, 5.41) is 58.0. The third kappa shape index (κ3) is 8.69. The Kier molecular flexibility index (Phi) is 11.8. The van der Waals surface area contributed by atoms with Crippen molar-refractivity contribution in [3.05, 3.63) is 180 Å². The smallest absolute Gasteiger partial charge is 0.336 e. The van der Waals surface area contributed by atoms with E-state index in [0.29, 0.717) is 32.3 Å². The van der Waals surface area contributed by atoms with Crippen LogP contribution in [0.4, 0.5) is 34.1 Å². The molecule has 0 bridgehead atoms. The summed E-state index contributed by atoms with van der Waals surface area (Å²) in [4.78, 5) is 47.5. The van der Waals surface area contributed by atoms with E-state index in [1.165, 1.54) is 48.5 Å². The van der Waals surface area contributed by atoms with Crippen LogP contribution >= 0.6 is 0 Å². The average Bonchev–Trinajstić information content (AvgIpc) is 3.28. The minimum absolute atomic E-state index is 0.0587. The van der Waals surface area contributed by atoms with E-state index in [9.17, 15) is 39.6 Å². The Labute approximate surface area is 351 Å². The molecule has 0 spiro atoms. The fraction of sp³-hybridized carbons (Fsp3) is 0. The lowest BCUT2D eigenvalue weighted by molar-refractivity contribution is 0.0681. The maximum atomic E-state index is 11.9. The third-order valence-electron chi connectivity index (χ3n) is 9.68. The second-order valence-corrected chi connectivity index (χ2v) is 13.6. The van der Waals surface area contributed by atoms with Gasteiger partial charge < -0.3 is 31.9 Å². The van der Waals surface area contributed by atoms with Gasteiger partial charge in [-0.1, -0.05) is 60.7 Å². The number of anilines is 2. The number of nitrogens with zero attached hydrogens (tertiary/aromatic N) is 4. The van der Waals surface area contributed by atoms with Crippen LogP contribution in [0.2, 0.25) is 0 Å². The van der Waals surface area contributed by atoms with Crippen LogP contribution in [0.1, 0.15) is 41.4 Å². The molecule has 0 aromatic heterocycles. The van der Waals surface area contributed by atoms with E-state index in [4.69, 9.17) is 11.5 Å². The van der Waals surface area contributed by atoms with Crippen LogP contribution in [0.15, 0.2) is 178 Å². The van der Waals surface area contributed by atoms with Crippen molar-refractivity contribution in [3.63, 3.8) is 0 Å². The topological polar surface area (TPSA) is 251 Å². The normalized spacial score (nSPS) is 11.1. The van der Waals surface area contributed by atoms with Gasteiger partial charge in [-0.3, -0.25) is 0 Å². The van der Waals surface area contributed by atoms with Crippen molar-refractivity contribution in [2.45, 2.75) is 0 Å². The Morgan fingerprint density at radius 3 is 0.790 bits per heavy atom. The van der Waals surface area contributed by atoms with Gasteiger partial charge in [0.2, 0.25) is 0 Å². The molecule has 14 heteroatoms. The largest absolute Gasteiger partial charge is 0.478 e. The number of hydrogen-bond acceptors (Lipinski definition) is 10. The predicted octanol–water partition coefficient (Wildman–Crippen LogP) is 11.9. The van der Waals surface area contributed by atoms with Crippen molar-refractivity contribution in [2.75, 3.05) is 11.5 Å². The number of carboxylic acids is 4.